The van der Waals surface area contributed by atoms with E-state index in [4.69, 9.17) is 10.5 Å². The molecule has 1 saturated heterocycles. The van der Waals surface area contributed by atoms with Gasteiger partial charge in [-0.2, -0.15) is 0 Å². The first-order valence-corrected chi connectivity index (χ1v) is 9.58. The summed E-state index contributed by atoms with van der Waals surface area (Å²) in [6.07, 6.45) is 9.13. The number of rotatable bonds is 6. The van der Waals surface area contributed by atoms with Crippen LogP contribution in [0.1, 0.15) is 62.5 Å². The van der Waals surface area contributed by atoms with Crippen molar-refractivity contribution in [3.05, 3.63) is 11.6 Å². The maximum Gasteiger partial charge on any atom is 0.147 e. The van der Waals surface area contributed by atoms with Crippen LogP contribution in [0, 0.1) is 5.41 Å². The molecule has 2 N–H and O–H groups in total. The van der Waals surface area contributed by atoms with Crippen LogP contribution in [-0.4, -0.2) is 52.5 Å². The maximum atomic E-state index is 5.97. The number of nitrogens with zero attached hydrogens (tertiary/aromatic N) is 4. The van der Waals surface area contributed by atoms with Gasteiger partial charge in [0.1, 0.15) is 11.6 Å². The standard InChI is InChI=1S/C18H31N5O/c1-24-9-8-23-16(20-21-17(23)14-10-15(19)11-14)12-22-7-6-18(13-22)4-2-3-5-18/h14-15H,2-13,19H2,1H3. The summed E-state index contributed by atoms with van der Waals surface area (Å²) in [6.45, 7) is 4.94. The molecule has 6 nitrogen and oxygen atoms in total. The molecule has 1 aromatic rings. The first-order valence-electron chi connectivity index (χ1n) is 9.58. The number of likely N-dealkylation sites (tertiary alicyclic amines) is 1. The van der Waals surface area contributed by atoms with E-state index in [-0.39, 0.29) is 0 Å². The third kappa shape index (κ3) is 3.11. The SMILES string of the molecule is COCCn1c(CN2CCC3(CCCC3)C2)nnc1C1CC(N)C1. The van der Waals surface area contributed by atoms with E-state index in [1.54, 1.807) is 7.11 Å². The van der Waals surface area contributed by atoms with Crippen molar-refractivity contribution in [1.29, 1.82) is 0 Å². The number of ether oxygens (including phenoxy) is 1. The van der Waals surface area contributed by atoms with Gasteiger partial charge in [0.05, 0.1) is 13.2 Å². The average molecular weight is 333 g/mol. The second-order valence-electron chi connectivity index (χ2n) is 8.22. The lowest BCUT2D eigenvalue weighted by atomic mass is 9.80. The van der Waals surface area contributed by atoms with Crippen molar-refractivity contribution in [3.8, 4) is 0 Å². The summed E-state index contributed by atoms with van der Waals surface area (Å²) in [5.74, 6) is 2.72. The first kappa shape index (κ1) is 16.5. The minimum Gasteiger partial charge on any atom is -0.383 e. The van der Waals surface area contributed by atoms with E-state index >= 15 is 0 Å². The molecule has 2 heterocycles. The van der Waals surface area contributed by atoms with Gasteiger partial charge in [-0.3, -0.25) is 4.90 Å². The Morgan fingerprint density at radius 2 is 2.00 bits per heavy atom. The number of methoxy groups -OCH3 is 1. The zero-order valence-electron chi connectivity index (χ0n) is 14.9. The van der Waals surface area contributed by atoms with Gasteiger partial charge in [-0.1, -0.05) is 12.8 Å². The summed E-state index contributed by atoms with van der Waals surface area (Å²) < 4.78 is 7.61. The topological polar surface area (TPSA) is 69.2 Å². The molecule has 0 atom stereocenters. The quantitative estimate of drug-likeness (QED) is 0.861. The third-order valence-corrected chi connectivity index (χ3v) is 6.46. The average Bonchev–Trinajstić information content (AvgIpc) is 3.25. The van der Waals surface area contributed by atoms with Gasteiger partial charge in [0.25, 0.3) is 0 Å². The molecule has 0 radical (unpaired) electrons. The molecule has 134 valence electrons. The Labute approximate surface area is 144 Å². The molecular weight excluding hydrogens is 302 g/mol. The monoisotopic (exact) mass is 333 g/mol. The molecule has 6 heteroatoms. The van der Waals surface area contributed by atoms with Gasteiger partial charge in [-0.25, -0.2) is 0 Å². The molecule has 4 rings (SSSR count). The highest BCUT2D eigenvalue weighted by Gasteiger charge is 2.40. The van der Waals surface area contributed by atoms with E-state index in [2.05, 4.69) is 19.7 Å². The van der Waals surface area contributed by atoms with E-state index < -0.39 is 0 Å². The molecular formula is C18H31N5O. The molecule has 2 aliphatic carbocycles. The van der Waals surface area contributed by atoms with Crippen molar-refractivity contribution in [3.63, 3.8) is 0 Å². The van der Waals surface area contributed by atoms with Crippen LogP contribution in [0.25, 0.3) is 0 Å². The maximum absolute atomic E-state index is 5.97. The predicted octanol–water partition coefficient (Wildman–Crippen LogP) is 1.90. The molecule has 0 amide bonds. The Kier molecular flexibility index (Phi) is 4.62. The van der Waals surface area contributed by atoms with Crippen molar-refractivity contribution in [1.82, 2.24) is 19.7 Å². The Balaban J connectivity index is 1.46. The minimum absolute atomic E-state index is 0.340. The number of nitrogens with two attached hydrogens (primary N) is 1. The fourth-order valence-electron chi connectivity index (χ4n) is 4.96. The largest absolute Gasteiger partial charge is 0.383 e. The summed E-state index contributed by atoms with van der Waals surface area (Å²) >= 11 is 0. The molecule has 1 aliphatic heterocycles. The molecule has 0 aromatic carbocycles. The van der Waals surface area contributed by atoms with E-state index in [1.165, 1.54) is 45.2 Å². The Morgan fingerprint density at radius 3 is 2.71 bits per heavy atom. The highest BCUT2D eigenvalue weighted by Crippen LogP contribution is 2.45. The fourth-order valence-corrected chi connectivity index (χ4v) is 4.96. The van der Waals surface area contributed by atoms with Gasteiger partial charge in [-0.05, 0) is 44.1 Å². The molecule has 3 fully saturated rings. The lowest BCUT2D eigenvalue weighted by Gasteiger charge is -2.32. The summed E-state index contributed by atoms with van der Waals surface area (Å²) in [5.41, 5.74) is 6.58. The summed E-state index contributed by atoms with van der Waals surface area (Å²) in [5, 5.41) is 9.08. The van der Waals surface area contributed by atoms with Crippen LogP contribution in [-0.2, 0) is 17.8 Å². The van der Waals surface area contributed by atoms with Crippen LogP contribution < -0.4 is 5.73 Å². The van der Waals surface area contributed by atoms with Crippen LogP contribution >= 0.6 is 0 Å². The second-order valence-corrected chi connectivity index (χ2v) is 8.22. The first-order chi connectivity index (χ1) is 11.7. The minimum atomic E-state index is 0.340. The van der Waals surface area contributed by atoms with Crippen molar-refractivity contribution in [2.24, 2.45) is 11.1 Å². The van der Waals surface area contributed by atoms with Gasteiger partial charge < -0.3 is 15.0 Å². The molecule has 24 heavy (non-hydrogen) atoms. The smallest absolute Gasteiger partial charge is 0.147 e. The number of aromatic nitrogens is 3. The van der Waals surface area contributed by atoms with Crippen LogP contribution in [0.15, 0.2) is 0 Å². The Bertz CT molecular complexity index is 560. The zero-order valence-corrected chi connectivity index (χ0v) is 14.9. The molecule has 1 spiro atoms. The van der Waals surface area contributed by atoms with Gasteiger partial charge in [0.2, 0.25) is 0 Å². The Hall–Kier alpha value is -0.980. The highest BCUT2D eigenvalue weighted by atomic mass is 16.5. The molecule has 0 unspecified atom stereocenters. The van der Waals surface area contributed by atoms with Crippen molar-refractivity contribution < 1.29 is 4.74 Å². The lowest BCUT2D eigenvalue weighted by Crippen LogP contribution is -2.36. The van der Waals surface area contributed by atoms with Gasteiger partial charge >= 0.3 is 0 Å². The van der Waals surface area contributed by atoms with Crippen LogP contribution in [0.3, 0.4) is 0 Å². The van der Waals surface area contributed by atoms with E-state index in [0.29, 0.717) is 24.0 Å². The Morgan fingerprint density at radius 1 is 1.21 bits per heavy atom. The van der Waals surface area contributed by atoms with Crippen LogP contribution in [0.5, 0.6) is 0 Å². The van der Waals surface area contributed by atoms with Crippen molar-refractivity contribution in [2.75, 3.05) is 26.8 Å². The van der Waals surface area contributed by atoms with E-state index in [1.807, 2.05) is 0 Å². The second kappa shape index (κ2) is 6.73. The highest BCUT2D eigenvalue weighted by molar-refractivity contribution is 5.09. The molecule has 3 aliphatic rings. The van der Waals surface area contributed by atoms with Crippen molar-refractivity contribution >= 4 is 0 Å². The van der Waals surface area contributed by atoms with Crippen LogP contribution in [0.4, 0.5) is 0 Å². The van der Waals surface area contributed by atoms with E-state index in [0.717, 1.165) is 37.6 Å². The van der Waals surface area contributed by atoms with Gasteiger partial charge in [-0.15, -0.1) is 10.2 Å². The fraction of sp³-hybridized carbons (Fsp3) is 0.889. The van der Waals surface area contributed by atoms with Gasteiger partial charge in [0.15, 0.2) is 0 Å². The molecule has 0 bridgehead atoms. The van der Waals surface area contributed by atoms with Crippen molar-refractivity contribution in [2.45, 2.75) is 70.0 Å². The van der Waals surface area contributed by atoms with E-state index in [9.17, 15) is 0 Å². The lowest BCUT2D eigenvalue weighted by molar-refractivity contribution is 0.180. The predicted molar refractivity (Wildman–Crippen MR) is 92.6 cm³/mol. The normalized spacial score (nSPS) is 29.4. The third-order valence-electron chi connectivity index (χ3n) is 6.46. The molecule has 1 aromatic heterocycles. The summed E-state index contributed by atoms with van der Waals surface area (Å²) in [4.78, 5) is 2.59. The summed E-state index contributed by atoms with van der Waals surface area (Å²) in [7, 11) is 1.76. The zero-order chi connectivity index (χ0) is 16.6. The number of hydrogen-bond donors (Lipinski definition) is 1. The number of hydrogen-bond acceptors (Lipinski definition) is 5. The molecule has 2 saturated carbocycles. The van der Waals surface area contributed by atoms with Crippen LogP contribution in [0.2, 0.25) is 0 Å². The summed E-state index contributed by atoms with van der Waals surface area (Å²) in [6, 6.07) is 0.340. The van der Waals surface area contributed by atoms with Gasteiger partial charge in [0, 0.05) is 32.2 Å².